The Morgan fingerprint density at radius 1 is 1.22 bits per heavy atom. The maximum atomic E-state index is 12.1. The van der Waals surface area contributed by atoms with Crippen molar-refractivity contribution in [1.82, 2.24) is 15.1 Å². The Hall–Kier alpha value is -2.34. The number of esters is 1. The average Bonchev–Trinajstić information content (AvgIpc) is 2.86. The van der Waals surface area contributed by atoms with Crippen molar-refractivity contribution < 1.29 is 14.3 Å². The van der Waals surface area contributed by atoms with Gasteiger partial charge in [-0.1, -0.05) is 37.6 Å². The summed E-state index contributed by atoms with van der Waals surface area (Å²) in [7, 11) is 0. The molecule has 0 aliphatic rings. The molecule has 1 amide bonds. The summed E-state index contributed by atoms with van der Waals surface area (Å²) in [5.41, 5.74) is 3.56. The van der Waals surface area contributed by atoms with E-state index in [1.54, 1.807) is 12.1 Å². The number of amides is 1. The van der Waals surface area contributed by atoms with Gasteiger partial charge >= 0.3 is 5.97 Å². The van der Waals surface area contributed by atoms with Crippen molar-refractivity contribution in [2.45, 2.75) is 47.2 Å². The lowest BCUT2D eigenvalue weighted by molar-refractivity contribution is -0.147. The molecule has 2 rings (SSSR count). The average molecular weight is 392 g/mol. The SMILES string of the molecule is Cc1nn(CC(C)C)c(C)c1CC(=O)OCC(=O)NCc1ccc(Cl)cc1. The molecule has 27 heavy (non-hydrogen) atoms. The molecular weight excluding hydrogens is 366 g/mol. The van der Waals surface area contributed by atoms with Crippen molar-refractivity contribution in [2.24, 2.45) is 5.92 Å². The van der Waals surface area contributed by atoms with Crippen LogP contribution in [-0.2, 0) is 33.8 Å². The number of carbonyl (C=O) groups excluding carboxylic acids is 2. The van der Waals surface area contributed by atoms with Crippen molar-refractivity contribution in [3.05, 3.63) is 51.8 Å². The lowest BCUT2D eigenvalue weighted by Crippen LogP contribution is -2.28. The first-order valence-electron chi connectivity index (χ1n) is 8.96. The topological polar surface area (TPSA) is 73.2 Å². The number of halogens is 1. The number of hydrogen-bond donors (Lipinski definition) is 1. The van der Waals surface area contributed by atoms with E-state index in [1.165, 1.54) is 0 Å². The Labute approximate surface area is 164 Å². The van der Waals surface area contributed by atoms with Gasteiger partial charge in [0, 0.05) is 29.4 Å². The summed E-state index contributed by atoms with van der Waals surface area (Å²) in [4.78, 5) is 24.0. The van der Waals surface area contributed by atoms with Crippen LogP contribution in [0.5, 0.6) is 0 Å². The van der Waals surface area contributed by atoms with Crippen LogP contribution < -0.4 is 5.32 Å². The third-order valence-electron chi connectivity index (χ3n) is 4.16. The van der Waals surface area contributed by atoms with Crippen LogP contribution in [0.2, 0.25) is 5.02 Å². The molecule has 0 aliphatic carbocycles. The second-order valence-corrected chi connectivity index (χ2v) is 7.40. The first-order chi connectivity index (χ1) is 12.8. The van der Waals surface area contributed by atoms with Gasteiger partial charge in [-0.05, 0) is 37.5 Å². The summed E-state index contributed by atoms with van der Waals surface area (Å²) in [6, 6.07) is 7.17. The van der Waals surface area contributed by atoms with Crippen molar-refractivity contribution in [3.8, 4) is 0 Å². The number of aromatic nitrogens is 2. The number of aryl methyl sites for hydroxylation is 1. The Kier molecular flexibility index (Phi) is 7.42. The molecule has 0 fully saturated rings. The first kappa shape index (κ1) is 21.0. The zero-order chi connectivity index (χ0) is 20.0. The maximum Gasteiger partial charge on any atom is 0.310 e. The molecule has 1 aromatic carbocycles. The second kappa shape index (κ2) is 9.55. The van der Waals surface area contributed by atoms with Gasteiger partial charge in [-0.2, -0.15) is 5.10 Å². The molecule has 0 atom stereocenters. The minimum atomic E-state index is -0.438. The number of nitrogens with one attached hydrogen (secondary N) is 1. The normalized spacial score (nSPS) is 10.9. The molecule has 1 aromatic heterocycles. The summed E-state index contributed by atoms with van der Waals surface area (Å²) in [5, 5.41) is 7.84. The summed E-state index contributed by atoms with van der Waals surface area (Å²) < 4.78 is 7.02. The van der Waals surface area contributed by atoms with Crippen LogP contribution in [0.25, 0.3) is 0 Å². The van der Waals surface area contributed by atoms with E-state index >= 15 is 0 Å². The van der Waals surface area contributed by atoms with Crippen LogP contribution >= 0.6 is 11.6 Å². The minimum absolute atomic E-state index is 0.111. The highest BCUT2D eigenvalue weighted by Gasteiger charge is 2.17. The third-order valence-corrected chi connectivity index (χ3v) is 4.41. The zero-order valence-electron chi connectivity index (χ0n) is 16.2. The third kappa shape index (κ3) is 6.40. The van der Waals surface area contributed by atoms with Crippen molar-refractivity contribution in [3.63, 3.8) is 0 Å². The summed E-state index contributed by atoms with van der Waals surface area (Å²) in [5.74, 6) is -0.318. The van der Waals surface area contributed by atoms with Gasteiger partial charge in [0.1, 0.15) is 0 Å². The van der Waals surface area contributed by atoms with Gasteiger partial charge in [0.2, 0.25) is 0 Å². The van der Waals surface area contributed by atoms with Gasteiger partial charge < -0.3 is 10.1 Å². The van der Waals surface area contributed by atoms with Crippen LogP contribution in [0.15, 0.2) is 24.3 Å². The van der Waals surface area contributed by atoms with Crippen LogP contribution in [0.1, 0.15) is 36.4 Å². The smallest absolute Gasteiger partial charge is 0.310 e. The summed E-state index contributed by atoms with van der Waals surface area (Å²) in [6.07, 6.45) is 0.111. The largest absolute Gasteiger partial charge is 0.455 e. The molecule has 146 valence electrons. The van der Waals surface area contributed by atoms with Crippen molar-refractivity contribution in [2.75, 3.05) is 6.61 Å². The highest BCUT2D eigenvalue weighted by atomic mass is 35.5. The Bertz CT molecular complexity index is 798. The molecule has 1 heterocycles. The monoisotopic (exact) mass is 391 g/mol. The first-order valence-corrected chi connectivity index (χ1v) is 9.33. The number of ether oxygens (including phenoxy) is 1. The van der Waals surface area contributed by atoms with E-state index in [-0.39, 0.29) is 18.9 Å². The molecule has 1 N–H and O–H groups in total. The lowest BCUT2D eigenvalue weighted by atomic mass is 10.1. The van der Waals surface area contributed by atoms with E-state index in [2.05, 4.69) is 24.3 Å². The fourth-order valence-electron chi connectivity index (χ4n) is 2.71. The van der Waals surface area contributed by atoms with Crippen molar-refractivity contribution in [1.29, 1.82) is 0 Å². The number of carbonyl (C=O) groups is 2. The fourth-order valence-corrected chi connectivity index (χ4v) is 2.83. The van der Waals surface area contributed by atoms with E-state index in [0.29, 0.717) is 17.5 Å². The Morgan fingerprint density at radius 3 is 2.52 bits per heavy atom. The lowest BCUT2D eigenvalue weighted by Gasteiger charge is -2.09. The zero-order valence-corrected chi connectivity index (χ0v) is 17.0. The van der Waals surface area contributed by atoms with Gasteiger partial charge in [0.25, 0.3) is 5.91 Å². The van der Waals surface area contributed by atoms with Gasteiger partial charge in [-0.25, -0.2) is 0 Å². The van der Waals surface area contributed by atoms with Crippen LogP contribution in [0, 0.1) is 19.8 Å². The molecule has 0 unspecified atom stereocenters. The van der Waals surface area contributed by atoms with E-state index in [1.807, 2.05) is 30.7 Å². The van der Waals surface area contributed by atoms with E-state index < -0.39 is 5.97 Å². The van der Waals surface area contributed by atoms with Crippen LogP contribution in [0.4, 0.5) is 0 Å². The predicted molar refractivity (Wildman–Crippen MR) is 105 cm³/mol. The number of benzene rings is 1. The standard InChI is InChI=1S/C20H26ClN3O3/c1-13(2)11-24-15(4)18(14(3)23-24)9-20(26)27-12-19(25)22-10-16-5-7-17(21)8-6-16/h5-8,13H,9-12H2,1-4H3,(H,22,25). The molecule has 0 bridgehead atoms. The quantitative estimate of drug-likeness (QED) is 0.701. The molecule has 0 radical (unpaired) electrons. The number of rotatable bonds is 8. The molecule has 0 aliphatic heterocycles. The second-order valence-electron chi connectivity index (χ2n) is 6.97. The Morgan fingerprint density at radius 2 is 1.89 bits per heavy atom. The maximum absolute atomic E-state index is 12.1. The van der Waals surface area contributed by atoms with Crippen LogP contribution in [0.3, 0.4) is 0 Å². The van der Waals surface area contributed by atoms with Crippen LogP contribution in [-0.4, -0.2) is 28.3 Å². The van der Waals surface area contributed by atoms with Gasteiger partial charge in [0.05, 0.1) is 12.1 Å². The summed E-state index contributed by atoms with van der Waals surface area (Å²) >= 11 is 5.82. The predicted octanol–water partition coefficient (Wildman–Crippen LogP) is 3.21. The molecule has 0 spiro atoms. The van der Waals surface area contributed by atoms with Gasteiger partial charge in [-0.3, -0.25) is 14.3 Å². The van der Waals surface area contributed by atoms with E-state index in [0.717, 1.165) is 29.1 Å². The van der Waals surface area contributed by atoms with Gasteiger partial charge in [0.15, 0.2) is 6.61 Å². The molecular formula is C20H26ClN3O3. The fraction of sp³-hybridized carbons (Fsp3) is 0.450. The molecule has 0 saturated carbocycles. The highest BCUT2D eigenvalue weighted by molar-refractivity contribution is 6.30. The number of nitrogens with zero attached hydrogens (tertiary/aromatic N) is 2. The summed E-state index contributed by atoms with van der Waals surface area (Å²) in [6.45, 7) is 8.92. The molecule has 6 nitrogen and oxygen atoms in total. The highest BCUT2D eigenvalue weighted by Crippen LogP contribution is 2.16. The molecule has 2 aromatic rings. The Balaban J connectivity index is 1.81. The number of hydrogen-bond acceptors (Lipinski definition) is 4. The van der Waals surface area contributed by atoms with E-state index in [9.17, 15) is 9.59 Å². The van der Waals surface area contributed by atoms with Gasteiger partial charge in [-0.15, -0.1) is 0 Å². The van der Waals surface area contributed by atoms with Crippen molar-refractivity contribution >= 4 is 23.5 Å². The molecule has 0 saturated heterocycles. The minimum Gasteiger partial charge on any atom is -0.455 e. The van der Waals surface area contributed by atoms with E-state index in [4.69, 9.17) is 16.3 Å². The molecule has 7 heteroatoms.